The zero-order valence-corrected chi connectivity index (χ0v) is 22.4. The van der Waals surface area contributed by atoms with Gasteiger partial charge >= 0.3 is 0 Å². The molecule has 0 aliphatic heterocycles. The summed E-state index contributed by atoms with van der Waals surface area (Å²) in [5.74, 6) is 2.81. The van der Waals surface area contributed by atoms with E-state index < -0.39 is 0 Å². The predicted molar refractivity (Wildman–Crippen MR) is 146 cm³/mol. The smallest absolute Gasteiger partial charge is 0.230 e. The highest BCUT2D eigenvalue weighted by Crippen LogP contribution is 2.28. The van der Waals surface area contributed by atoms with Crippen molar-refractivity contribution >= 4 is 17.7 Å². The van der Waals surface area contributed by atoms with Crippen LogP contribution in [0.1, 0.15) is 49.7 Å². The van der Waals surface area contributed by atoms with Crippen molar-refractivity contribution in [3.8, 4) is 17.2 Å². The van der Waals surface area contributed by atoms with E-state index in [4.69, 9.17) is 9.47 Å². The van der Waals surface area contributed by atoms with E-state index in [-0.39, 0.29) is 17.8 Å². The first-order valence-corrected chi connectivity index (χ1v) is 13.2. The van der Waals surface area contributed by atoms with Gasteiger partial charge in [0.2, 0.25) is 5.91 Å². The Kier molecular flexibility index (Phi) is 8.85. The number of nitrogens with one attached hydrogen (secondary N) is 1. The molecule has 1 atom stereocenters. The number of nitrogens with zero attached hydrogens (tertiary/aromatic N) is 3. The summed E-state index contributed by atoms with van der Waals surface area (Å²) in [5, 5.41) is 12.4. The molecule has 4 aromatic rings. The first kappa shape index (κ1) is 26.3. The van der Waals surface area contributed by atoms with E-state index in [1.165, 1.54) is 17.3 Å². The third kappa shape index (κ3) is 6.92. The summed E-state index contributed by atoms with van der Waals surface area (Å²) < 4.78 is 13.4. The van der Waals surface area contributed by atoms with E-state index in [2.05, 4.69) is 41.5 Å². The Morgan fingerprint density at radius 2 is 1.59 bits per heavy atom. The van der Waals surface area contributed by atoms with Gasteiger partial charge in [0.15, 0.2) is 17.1 Å². The van der Waals surface area contributed by atoms with Crippen LogP contribution in [0.2, 0.25) is 0 Å². The van der Waals surface area contributed by atoms with E-state index in [9.17, 15) is 4.79 Å². The number of amides is 1. The van der Waals surface area contributed by atoms with Gasteiger partial charge in [0, 0.05) is 12.2 Å². The fourth-order valence-electron chi connectivity index (χ4n) is 3.77. The lowest BCUT2D eigenvalue weighted by Crippen LogP contribution is -2.24. The number of hydrogen-bond acceptors (Lipinski definition) is 6. The van der Waals surface area contributed by atoms with Crippen molar-refractivity contribution < 1.29 is 14.3 Å². The molecule has 0 spiro atoms. The SMILES string of the molecule is COc1ccc(CNC(=O)CSc2nnc(C(C)Oc3ccc(C(C)C)cc3)n2-c2ccccc2)cc1. The van der Waals surface area contributed by atoms with Crippen LogP contribution in [0.15, 0.2) is 84.0 Å². The van der Waals surface area contributed by atoms with Crippen molar-refractivity contribution in [1.82, 2.24) is 20.1 Å². The molecule has 7 nitrogen and oxygen atoms in total. The summed E-state index contributed by atoms with van der Waals surface area (Å²) in [6.45, 7) is 6.73. The molecule has 0 aliphatic carbocycles. The second-order valence-corrected chi connectivity index (χ2v) is 9.85. The van der Waals surface area contributed by atoms with E-state index in [1.807, 2.05) is 78.2 Å². The highest BCUT2D eigenvalue weighted by molar-refractivity contribution is 7.99. The Hall–Kier alpha value is -3.78. The molecule has 3 aromatic carbocycles. The van der Waals surface area contributed by atoms with E-state index >= 15 is 0 Å². The lowest BCUT2D eigenvalue weighted by Gasteiger charge is -2.17. The van der Waals surface area contributed by atoms with Crippen LogP contribution >= 0.6 is 11.8 Å². The molecule has 0 saturated heterocycles. The third-order valence-corrected chi connectivity index (χ3v) is 6.81. The number of para-hydroxylation sites is 1. The first-order chi connectivity index (χ1) is 17.9. The van der Waals surface area contributed by atoms with Crippen LogP contribution in [-0.4, -0.2) is 33.5 Å². The molecule has 0 saturated carbocycles. The van der Waals surface area contributed by atoms with Crippen LogP contribution in [0.3, 0.4) is 0 Å². The lowest BCUT2D eigenvalue weighted by atomic mass is 10.0. The quantitative estimate of drug-likeness (QED) is 0.248. The summed E-state index contributed by atoms with van der Waals surface area (Å²) in [6, 6.07) is 25.6. The molecule has 1 aromatic heterocycles. The monoisotopic (exact) mass is 516 g/mol. The maximum absolute atomic E-state index is 12.6. The molecule has 0 bridgehead atoms. The predicted octanol–water partition coefficient (Wildman–Crippen LogP) is 5.95. The number of benzene rings is 3. The molecule has 192 valence electrons. The molecule has 1 N–H and O–H groups in total. The second-order valence-electron chi connectivity index (χ2n) is 8.91. The highest BCUT2D eigenvalue weighted by atomic mass is 32.2. The summed E-state index contributed by atoms with van der Waals surface area (Å²) in [5.41, 5.74) is 3.17. The van der Waals surface area contributed by atoms with Gasteiger partial charge in [-0.3, -0.25) is 9.36 Å². The highest BCUT2D eigenvalue weighted by Gasteiger charge is 2.21. The van der Waals surface area contributed by atoms with Crippen molar-refractivity contribution in [1.29, 1.82) is 0 Å². The minimum atomic E-state index is -0.351. The van der Waals surface area contributed by atoms with Crippen molar-refractivity contribution in [3.63, 3.8) is 0 Å². The van der Waals surface area contributed by atoms with Crippen molar-refractivity contribution in [2.24, 2.45) is 0 Å². The zero-order valence-electron chi connectivity index (χ0n) is 21.5. The number of methoxy groups -OCH3 is 1. The maximum atomic E-state index is 12.6. The number of carbonyl (C=O) groups is 1. The average Bonchev–Trinajstić information content (AvgIpc) is 3.36. The van der Waals surface area contributed by atoms with Gasteiger partial charge in [-0.2, -0.15) is 0 Å². The molecule has 0 radical (unpaired) electrons. The summed E-state index contributed by atoms with van der Waals surface area (Å²) in [6.07, 6.45) is -0.351. The molecular weight excluding hydrogens is 484 g/mol. The fourth-order valence-corrected chi connectivity index (χ4v) is 4.56. The fraction of sp³-hybridized carbons (Fsp3) is 0.276. The van der Waals surface area contributed by atoms with Gasteiger partial charge in [0.05, 0.1) is 12.9 Å². The van der Waals surface area contributed by atoms with Crippen LogP contribution in [0.25, 0.3) is 5.69 Å². The molecule has 37 heavy (non-hydrogen) atoms. The molecule has 0 fully saturated rings. The number of aromatic nitrogens is 3. The summed E-state index contributed by atoms with van der Waals surface area (Å²) in [7, 11) is 1.63. The van der Waals surface area contributed by atoms with Crippen LogP contribution in [0, 0.1) is 0 Å². The third-order valence-electron chi connectivity index (χ3n) is 5.88. The minimum absolute atomic E-state index is 0.0838. The largest absolute Gasteiger partial charge is 0.497 e. The number of ether oxygens (including phenoxy) is 2. The molecule has 4 rings (SSSR count). The molecule has 0 aliphatic rings. The van der Waals surface area contributed by atoms with Gasteiger partial charge in [0.1, 0.15) is 11.5 Å². The standard InChI is InChI=1S/C29H32N4O3S/c1-20(2)23-12-16-26(17-13-23)36-21(3)28-31-32-29(33(28)24-8-6-5-7-9-24)37-19-27(34)30-18-22-10-14-25(35-4)15-11-22/h5-17,20-21H,18-19H2,1-4H3,(H,30,34). The molecule has 1 heterocycles. The first-order valence-electron chi connectivity index (χ1n) is 12.2. The van der Waals surface area contributed by atoms with Crippen LogP contribution in [0.4, 0.5) is 0 Å². The Bertz CT molecular complexity index is 1290. The number of rotatable bonds is 11. The summed E-state index contributed by atoms with van der Waals surface area (Å²) in [4.78, 5) is 12.6. The number of carbonyl (C=O) groups excluding carboxylic acids is 1. The van der Waals surface area contributed by atoms with E-state index in [0.29, 0.717) is 23.4 Å². The van der Waals surface area contributed by atoms with Crippen molar-refractivity contribution in [2.45, 2.75) is 44.5 Å². The number of thioether (sulfide) groups is 1. The Morgan fingerprint density at radius 1 is 0.919 bits per heavy atom. The van der Waals surface area contributed by atoms with Crippen LogP contribution in [0.5, 0.6) is 11.5 Å². The molecular formula is C29H32N4O3S. The normalized spacial score (nSPS) is 11.8. The average molecular weight is 517 g/mol. The molecule has 1 unspecified atom stereocenters. The minimum Gasteiger partial charge on any atom is -0.497 e. The van der Waals surface area contributed by atoms with Gasteiger partial charge in [-0.25, -0.2) is 0 Å². The van der Waals surface area contributed by atoms with Gasteiger partial charge < -0.3 is 14.8 Å². The van der Waals surface area contributed by atoms with Gasteiger partial charge in [-0.15, -0.1) is 10.2 Å². The Labute approximate surface area is 222 Å². The summed E-state index contributed by atoms with van der Waals surface area (Å²) >= 11 is 1.34. The maximum Gasteiger partial charge on any atom is 0.230 e. The second kappa shape index (κ2) is 12.5. The Balaban J connectivity index is 1.45. The van der Waals surface area contributed by atoms with Gasteiger partial charge in [-0.05, 0) is 60.4 Å². The lowest BCUT2D eigenvalue weighted by molar-refractivity contribution is -0.118. The van der Waals surface area contributed by atoms with Gasteiger partial charge in [-0.1, -0.05) is 68.1 Å². The van der Waals surface area contributed by atoms with Crippen molar-refractivity contribution in [2.75, 3.05) is 12.9 Å². The van der Waals surface area contributed by atoms with E-state index in [1.54, 1.807) is 7.11 Å². The number of hydrogen-bond donors (Lipinski definition) is 1. The topological polar surface area (TPSA) is 78.3 Å². The molecule has 1 amide bonds. The van der Waals surface area contributed by atoms with Gasteiger partial charge in [0.25, 0.3) is 0 Å². The van der Waals surface area contributed by atoms with Crippen LogP contribution < -0.4 is 14.8 Å². The zero-order chi connectivity index (χ0) is 26.2. The van der Waals surface area contributed by atoms with Crippen LogP contribution in [-0.2, 0) is 11.3 Å². The molecule has 8 heteroatoms. The Morgan fingerprint density at radius 3 is 2.24 bits per heavy atom. The van der Waals surface area contributed by atoms with Crippen molar-refractivity contribution in [3.05, 3.63) is 95.8 Å². The van der Waals surface area contributed by atoms with E-state index in [0.717, 1.165) is 22.7 Å².